The Bertz CT molecular complexity index is 1690. The highest BCUT2D eigenvalue weighted by atomic mass is 19.1. The van der Waals surface area contributed by atoms with E-state index in [9.17, 15) is 13.6 Å². The Hall–Kier alpha value is -4.76. The lowest BCUT2D eigenvalue weighted by Gasteiger charge is -2.35. The summed E-state index contributed by atoms with van der Waals surface area (Å²) in [6.45, 7) is 4.22. The Morgan fingerprint density at radius 2 is 1.60 bits per heavy atom. The van der Waals surface area contributed by atoms with Gasteiger partial charge in [0.25, 0.3) is 5.91 Å². The van der Waals surface area contributed by atoms with Gasteiger partial charge in [-0.3, -0.25) is 4.79 Å². The summed E-state index contributed by atoms with van der Waals surface area (Å²) < 4.78 is 27.3. The molecule has 4 aromatic carbocycles. The van der Waals surface area contributed by atoms with E-state index in [0.717, 1.165) is 60.1 Å². The monoisotopic (exact) mass is 566 g/mol. The summed E-state index contributed by atoms with van der Waals surface area (Å²) in [5.41, 5.74) is 8.50. The number of carbonyl (C=O) groups is 1. The Morgan fingerprint density at radius 3 is 2.36 bits per heavy atom. The average Bonchev–Trinajstić information content (AvgIpc) is 3.38. The van der Waals surface area contributed by atoms with Crippen LogP contribution in [0, 0.1) is 11.6 Å². The second-order valence-corrected chi connectivity index (χ2v) is 10.7. The van der Waals surface area contributed by atoms with Crippen molar-refractivity contribution in [1.82, 2.24) is 14.8 Å². The number of para-hydroxylation sites is 1. The summed E-state index contributed by atoms with van der Waals surface area (Å²) in [6.07, 6.45) is 2.04. The summed E-state index contributed by atoms with van der Waals surface area (Å²) in [5, 5.41) is 8.76. The molecule has 0 spiro atoms. The summed E-state index contributed by atoms with van der Waals surface area (Å²) in [7, 11) is 2.12. The first-order chi connectivity index (χ1) is 20.4. The van der Waals surface area contributed by atoms with Crippen LogP contribution in [0.3, 0.4) is 0 Å². The van der Waals surface area contributed by atoms with Crippen LogP contribution in [0.4, 0.5) is 20.2 Å². The van der Waals surface area contributed by atoms with E-state index < -0.39 is 11.6 Å². The third-order valence-electron chi connectivity index (χ3n) is 7.61. The fourth-order valence-corrected chi connectivity index (χ4v) is 5.40. The lowest BCUT2D eigenvalue weighted by atomic mass is 10.0. The number of benzene rings is 4. The van der Waals surface area contributed by atoms with E-state index in [1.54, 1.807) is 6.20 Å². The topological polar surface area (TPSA) is 65.4 Å². The van der Waals surface area contributed by atoms with E-state index >= 15 is 0 Å². The summed E-state index contributed by atoms with van der Waals surface area (Å²) >= 11 is 0. The molecule has 2 N–H and O–H groups in total. The zero-order valence-electron chi connectivity index (χ0n) is 23.4. The van der Waals surface area contributed by atoms with Crippen molar-refractivity contribution in [3.05, 3.63) is 125 Å². The number of carbonyl (C=O) groups excluding carboxylic acids is 1. The molecule has 0 aliphatic carbocycles. The lowest BCUT2D eigenvalue weighted by molar-refractivity contribution is 0.101. The number of hydrogen-bond donors (Lipinski definition) is 2. The van der Waals surface area contributed by atoms with Crippen LogP contribution in [-0.2, 0) is 13.0 Å². The number of nitrogens with zero attached hydrogens (tertiary/aromatic N) is 4. The van der Waals surface area contributed by atoms with E-state index in [1.807, 2.05) is 48.5 Å². The van der Waals surface area contributed by atoms with Crippen LogP contribution < -0.4 is 15.6 Å². The predicted octanol–water partition coefficient (Wildman–Crippen LogP) is 5.65. The molecule has 1 amide bonds. The lowest BCUT2D eigenvalue weighted by Crippen LogP contribution is -2.44. The fourth-order valence-electron chi connectivity index (χ4n) is 5.40. The van der Waals surface area contributed by atoms with Crippen molar-refractivity contribution < 1.29 is 13.6 Å². The smallest absolute Gasteiger partial charge is 0.273 e. The minimum atomic E-state index is -0.601. The molecular weight excluding hydrogens is 534 g/mol. The molecule has 0 atom stereocenters. The SMILES string of the molecule is CN1CCN(c2cccc(C(=O)Nn3ncc4cc(Cc5cc(F)cc(F)c5)ccc43)c2NCc2ccccc2)CC1. The van der Waals surface area contributed by atoms with Crippen LogP contribution in [0.5, 0.6) is 0 Å². The molecule has 0 unspecified atom stereocenters. The normalized spacial score (nSPS) is 13.8. The van der Waals surface area contributed by atoms with E-state index in [2.05, 4.69) is 50.9 Å². The van der Waals surface area contributed by atoms with Crippen LogP contribution >= 0.6 is 0 Å². The number of piperazine rings is 1. The van der Waals surface area contributed by atoms with Gasteiger partial charge in [0.05, 0.1) is 28.7 Å². The number of halogens is 2. The van der Waals surface area contributed by atoms with Crippen molar-refractivity contribution in [2.45, 2.75) is 13.0 Å². The molecule has 42 heavy (non-hydrogen) atoms. The van der Waals surface area contributed by atoms with E-state index in [4.69, 9.17) is 0 Å². The Labute approximate surface area is 243 Å². The van der Waals surface area contributed by atoms with Crippen LogP contribution in [0.2, 0.25) is 0 Å². The maximum atomic E-state index is 13.7. The molecule has 1 fully saturated rings. The number of hydrogen-bond acceptors (Lipinski definition) is 5. The van der Waals surface area contributed by atoms with Gasteiger partial charge in [0.2, 0.25) is 0 Å². The largest absolute Gasteiger partial charge is 0.379 e. The standard InChI is InChI=1S/C33H32F2N6O/c1-39-12-14-40(15-13-39)31-9-5-8-29(32(31)36-21-23-6-3-2-4-7-23)33(42)38-41-30-11-10-24(17-26(30)22-37-41)16-25-18-27(34)20-28(35)19-25/h2-11,17-20,22,36H,12-16,21H2,1H3,(H,38,42). The van der Waals surface area contributed by atoms with Crippen molar-refractivity contribution in [3.63, 3.8) is 0 Å². The van der Waals surface area contributed by atoms with E-state index in [1.165, 1.54) is 16.9 Å². The number of aromatic nitrogens is 2. The van der Waals surface area contributed by atoms with Crippen molar-refractivity contribution in [1.29, 1.82) is 0 Å². The molecule has 9 heteroatoms. The number of likely N-dealkylation sites (N-methyl/N-ethyl adjacent to an activating group) is 1. The molecule has 5 aromatic rings. The minimum Gasteiger partial charge on any atom is -0.379 e. The Balaban J connectivity index is 1.26. The first kappa shape index (κ1) is 27.4. The highest BCUT2D eigenvalue weighted by Crippen LogP contribution is 2.31. The molecule has 6 rings (SSSR count). The molecule has 214 valence electrons. The number of amides is 1. The molecule has 1 aliphatic rings. The van der Waals surface area contributed by atoms with Crippen LogP contribution in [0.15, 0.2) is 91.1 Å². The van der Waals surface area contributed by atoms with Gasteiger partial charge in [-0.1, -0.05) is 42.5 Å². The van der Waals surface area contributed by atoms with Crippen LogP contribution in [-0.4, -0.2) is 53.9 Å². The Kier molecular flexibility index (Phi) is 7.83. The minimum absolute atomic E-state index is 0.286. The summed E-state index contributed by atoms with van der Waals surface area (Å²) in [6, 6.07) is 25.1. The quantitative estimate of drug-likeness (QED) is 0.254. The first-order valence-corrected chi connectivity index (χ1v) is 14.0. The third kappa shape index (κ3) is 6.11. The maximum absolute atomic E-state index is 13.7. The highest BCUT2D eigenvalue weighted by molar-refractivity contribution is 6.07. The highest BCUT2D eigenvalue weighted by Gasteiger charge is 2.22. The van der Waals surface area contributed by atoms with Crippen molar-refractivity contribution in [3.8, 4) is 0 Å². The zero-order chi connectivity index (χ0) is 29.1. The molecule has 1 aromatic heterocycles. The fraction of sp³-hybridized carbons (Fsp3) is 0.212. The van der Waals surface area contributed by atoms with Gasteiger partial charge in [-0.05, 0) is 66.6 Å². The number of rotatable bonds is 8. The second kappa shape index (κ2) is 12.0. The molecule has 0 saturated carbocycles. The number of anilines is 2. The van der Waals surface area contributed by atoms with Crippen molar-refractivity contribution in [2.24, 2.45) is 0 Å². The van der Waals surface area contributed by atoms with Gasteiger partial charge < -0.3 is 15.1 Å². The van der Waals surface area contributed by atoms with Gasteiger partial charge in [0.1, 0.15) is 11.6 Å². The van der Waals surface area contributed by atoms with Gasteiger partial charge in [-0.15, -0.1) is 0 Å². The first-order valence-electron chi connectivity index (χ1n) is 14.0. The molecule has 1 saturated heterocycles. The van der Waals surface area contributed by atoms with Gasteiger partial charge in [-0.25, -0.2) is 14.2 Å². The third-order valence-corrected chi connectivity index (χ3v) is 7.61. The van der Waals surface area contributed by atoms with E-state index in [0.29, 0.717) is 29.6 Å². The van der Waals surface area contributed by atoms with Crippen molar-refractivity contribution in [2.75, 3.05) is 48.9 Å². The predicted molar refractivity (Wildman–Crippen MR) is 163 cm³/mol. The number of fused-ring (bicyclic) bond motifs is 1. The average molecular weight is 567 g/mol. The number of nitrogens with one attached hydrogen (secondary N) is 2. The molecular formula is C33H32F2N6O. The molecule has 2 heterocycles. The Morgan fingerprint density at radius 1 is 0.833 bits per heavy atom. The van der Waals surface area contributed by atoms with Crippen LogP contribution in [0.25, 0.3) is 10.9 Å². The van der Waals surface area contributed by atoms with Gasteiger partial charge in [0, 0.05) is 44.2 Å². The van der Waals surface area contributed by atoms with Crippen LogP contribution in [0.1, 0.15) is 27.0 Å². The van der Waals surface area contributed by atoms with Gasteiger partial charge in [0.15, 0.2) is 0 Å². The maximum Gasteiger partial charge on any atom is 0.273 e. The molecule has 0 bridgehead atoms. The van der Waals surface area contributed by atoms with Gasteiger partial charge in [-0.2, -0.15) is 9.89 Å². The second-order valence-electron chi connectivity index (χ2n) is 10.7. The molecule has 7 nitrogen and oxygen atoms in total. The zero-order valence-corrected chi connectivity index (χ0v) is 23.4. The van der Waals surface area contributed by atoms with E-state index in [-0.39, 0.29) is 5.91 Å². The van der Waals surface area contributed by atoms with Crippen molar-refractivity contribution >= 4 is 28.2 Å². The molecule has 1 aliphatic heterocycles. The molecule has 0 radical (unpaired) electrons. The van der Waals surface area contributed by atoms with Gasteiger partial charge >= 0.3 is 0 Å². The summed E-state index contributed by atoms with van der Waals surface area (Å²) in [4.78, 5) is 19.8. The summed E-state index contributed by atoms with van der Waals surface area (Å²) in [5.74, 6) is -1.49.